The number of benzene rings is 3. The van der Waals surface area contributed by atoms with Gasteiger partial charge in [0.15, 0.2) is 0 Å². The molecule has 34 heavy (non-hydrogen) atoms. The summed E-state index contributed by atoms with van der Waals surface area (Å²) in [6.45, 7) is 3.43. The molecule has 0 spiro atoms. The van der Waals surface area contributed by atoms with E-state index in [4.69, 9.17) is 0 Å². The van der Waals surface area contributed by atoms with Gasteiger partial charge in [-0.25, -0.2) is 0 Å². The van der Waals surface area contributed by atoms with Crippen LogP contribution in [-0.4, -0.2) is 28.3 Å². The number of para-hydroxylation sites is 2. The summed E-state index contributed by atoms with van der Waals surface area (Å²) < 4.78 is 0. The highest BCUT2D eigenvalue weighted by atomic mass is 16.3. The van der Waals surface area contributed by atoms with E-state index in [-0.39, 0.29) is 6.42 Å². The van der Waals surface area contributed by atoms with Crippen molar-refractivity contribution in [2.75, 3.05) is 10.6 Å². The van der Waals surface area contributed by atoms with Gasteiger partial charge in [0.2, 0.25) is 11.8 Å². The normalized spacial score (nSPS) is 24.3. The summed E-state index contributed by atoms with van der Waals surface area (Å²) in [7, 11) is 0. The largest absolute Gasteiger partial charge is 0.389 e. The lowest BCUT2D eigenvalue weighted by Gasteiger charge is -2.44. The SMILES string of the molecule is Cc1ccc([C@@H]2[C@H](C(=O)Nc3ccccc3)C(=O)C[C@](C)(O)[C@@H]2C(=O)Nc2ccccc2)cc1. The number of rotatable bonds is 5. The smallest absolute Gasteiger partial charge is 0.235 e. The molecule has 1 aliphatic carbocycles. The van der Waals surface area contributed by atoms with Crippen molar-refractivity contribution in [3.05, 3.63) is 96.1 Å². The van der Waals surface area contributed by atoms with Crippen LogP contribution in [0.1, 0.15) is 30.4 Å². The molecule has 3 aromatic carbocycles. The number of carbonyl (C=O) groups excluding carboxylic acids is 3. The number of hydrogen-bond acceptors (Lipinski definition) is 4. The van der Waals surface area contributed by atoms with Crippen molar-refractivity contribution >= 4 is 29.0 Å². The maximum atomic E-state index is 13.6. The van der Waals surface area contributed by atoms with Gasteiger partial charge in [-0.1, -0.05) is 66.2 Å². The lowest BCUT2D eigenvalue weighted by Crippen LogP contribution is -2.56. The van der Waals surface area contributed by atoms with Crippen molar-refractivity contribution in [1.29, 1.82) is 0 Å². The minimum Gasteiger partial charge on any atom is -0.389 e. The molecule has 6 nitrogen and oxygen atoms in total. The standard InChI is InChI=1S/C28H28N2O4/c1-18-13-15-19(16-14-18)23-24(26(32)29-20-9-5-3-6-10-20)22(31)17-28(2,34)25(23)27(33)30-21-11-7-4-8-12-21/h3-16,23-25,34H,17H2,1-2H3,(H,29,32)(H,30,33)/t23-,24-,25+,28+/m1/s1. The molecule has 174 valence electrons. The highest BCUT2D eigenvalue weighted by molar-refractivity contribution is 6.10. The number of anilines is 2. The van der Waals surface area contributed by atoms with Crippen LogP contribution in [0.3, 0.4) is 0 Å². The first-order valence-corrected chi connectivity index (χ1v) is 11.3. The molecule has 3 N–H and O–H groups in total. The predicted octanol–water partition coefficient (Wildman–Crippen LogP) is 4.31. The second kappa shape index (κ2) is 9.61. The molecule has 0 saturated heterocycles. The van der Waals surface area contributed by atoms with E-state index < -0.39 is 41.0 Å². The zero-order valence-corrected chi connectivity index (χ0v) is 19.2. The van der Waals surface area contributed by atoms with Gasteiger partial charge in [-0.05, 0) is 43.7 Å². The van der Waals surface area contributed by atoms with Gasteiger partial charge in [-0.15, -0.1) is 0 Å². The van der Waals surface area contributed by atoms with E-state index in [1.54, 1.807) is 48.5 Å². The molecule has 1 fully saturated rings. The Balaban J connectivity index is 1.76. The molecule has 0 heterocycles. The molecule has 6 heteroatoms. The molecule has 0 unspecified atom stereocenters. The van der Waals surface area contributed by atoms with Crippen LogP contribution in [0, 0.1) is 18.8 Å². The molecule has 3 aromatic rings. The molecule has 1 saturated carbocycles. The van der Waals surface area contributed by atoms with Crippen molar-refractivity contribution in [2.45, 2.75) is 31.8 Å². The van der Waals surface area contributed by atoms with Crippen LogP contribution in [0.25, 0.3) is 0 Å². The summed E-state index contributed by atoms with van der Waals surface area (Å²) in [5.41, 5.74) is 1.17. The molecule has 0 radical (unpaired) electrons. The third-order valence-electron chi connectivity index (χ3n) is 6.38. The zero-order valence-electron chi connectivity index (χ0n) is 19.2. The Morgan fingerprint density at radius 2 is 1.32 bits per heavy atom. The maximum absolute atomic E-state index is 13.6. The Kier molecular flexibility index (Phi) is 6.61. The fourth-order valence-corrected chi connectivity index (χ4v) is 4.76. The van der Waals surface area contributed by atoms with E-state index in [2.05, 4.69) is 10.6 Å². The topological polar surface area (TPSA) is 95.5 Å². The Hall–Kier alpha value is -3.77. The molecule has 1 aliphatic rings. The summed E-state index contributed by atoms with van der Waals surface area (Å²) in [5, 5.41) is 17.0. The summed E-state index contributed by atoms with van der Waals surface area (Å²) in [4.78, 5) is 40.2. The van der Waals surface area contributed by atoms with Crippen molar-refractivity contribution in [3.63, 3.8) is 0 Å². The van der Waals surface area contributed by atoms with Gasteiger partial charge in [0.1, 0.15) is 11.7 Å². The van der Waals surface area contributed by atoms with E-state index in [1.807, 2.05) is 43.3 Å². The predicted molar refractivity (Wildman–Crippen MR) is 131 cm³/mol. The van der Waals surface area contributed by atoms with E-state index in [9.17, 15) is 19.5 Å². The molecule has 4 atom stereocenters. The Morgan fingerprint density at radius 1 is 0.824 bits per heavy atom. The quantitative estimate of drug-likeness (QED) is 0.499. The minimum atomic E-state index is -1.63. The average molecular weight is 457 g/mol. The lowest BCUT2D eigenvalue weighted by molar-refractivity contribution is -0.150. The Morgan fingerprint density at radius 3 is 1.85 bits per heavy atom. The van der Waals surface area contributed by atoms with E-state index in [0.29, 0.717) is 16.9 Å². The maximum Gasteiger partial charge on any atom is 0.235 e. The Bertz CT molecular complexity index is 1170. The monoisotopic (exact) mass is 456 g/mol. The van der Waals surface area contributed by atoms with Crippen LogP contribution in [0.15, 0.2) is 84.9 Å². The molecular formula is C28H28N2O4. The highest BCUT2D eigenvalue weighted by Gasteiger charge is 2.55. The number of aliphatic hydroxyl groups is 1. The fraction of sp³-hybridized carbons (Fsp3) is 0.250. The lowest BCUT2D eigenvalue weighted by atomic mass is 9.61. The number of Topliss-reactive ketones (excluding diaryl/α,β-unsaturated/α-hetero) is 1. The van der Waals surface area contributed by atoms with E-state index in [0.717, 1.165) is 5.56 Å². The molecular weight excluding hydrogens is 428 g/mol. The van der Waals surface area contributed by atoms with Crippen LogP contribution in [-0.2, 0) is 14.4 Å². The number of aryl methyl sites for hydroxylation is 1. The summed E-state index contributed by atoms with van der Waals surface area (Å²) >= 11 is 0. The Labute approximate surface area is 199 Å². The average Bonchev–Trinajstić information content (AvgIpc) is 2.79. The van der Waals surface area contributed by atoms with Gasteiger partial charge >= 0.3 is 0 Å². The summed E-state index contributed by atoms with van der Waals surface area (Å²) in [6.07, 6.45) is -0.297. The van der Waals surface area contributed by atoms with Gasteiger partial charge in [0.05, 0.1) is 11.5 Å². The second-order valence-corrected chi connectivity index (χ2v) is 9.10. The molecule has 2 amide bonds. The van der Waals surface area contributed by atoms with Crippen LogP contribution in [0.5, 0.6) is 0 Å². The van der Waals surface area contributed by atoms with Crippen molar-refractivity contribution in [3.8, 4) is 0 Å². The first-order chi connectivity index (χ1) is 16.3. The van der Waals surface area contributed by atoms with Gasteiger partial charge in [-0.2, -0.15) is 0 Å². The first-order valence-electron chi connectivity index (χ1n) is 11.3. The van der Waals surface area contributed by atoms with Crippen LogP contribution >= 0.6 is 0 Å². The van der Waals surface area contributed by atoms with E-state index in [1.165, 1.54) is 6.92 Å². The second-order valence-electron chi connectivity index (χ2n) is 9.10. The third-order valence-corrected chi connectivity index (χ3v) is 6.38. The van der Waals surface area contributed by atoms with Gasteiger partial charge in [-0.3, -0.25) is 14.4 Å². The number of ketones is 1. The number of hydrogen-bond donors (Lipinski definition) is 3. The van der Waals surface area contributed by atoms with Crippen molar-refractivity contribution in [1.82, 2.24) is 0 Å². The van der Waals surface area contributed by atoms with Crippen molar-refractivity contribution < 1.29 is 19.5 Å². The molecule has 4 rings (SSSR count). The third kappa shape index (κ3) is 4.92. The van der Waals surface area contributed by atoms with Crippen molar-refractivity contribution in [2.24, 2.45) is 11.8 Å². The van der Waals surface area contributed by atoms with Gasteiger partial charge in [0, 0.05) is 23.7 Å². The first kappa shape index (κ1) is 23.4. The van der Waals surface area contributed by atoms with Crippen LogP contribution in [0.4, 0.5) is 11.4 Å². The molecule has 0 aliphatic heterocycles. The highest BCUT2D eigenvalue weighted by Crippen LogP contribution is 2.46. The van der Waals surface area contributed by atoms with E-state index >= 15 is 0 Å². The summed E-state index contributed by atoms with van der Waals surface area (Å²) in [6, 6.07) is 25.2. The van der Waals surface area contributed by atoms with Crippen LogP contribution < -0.4 is 10.6 Å². The van der Waals surface area contributed by atoms with Gasteiger partial charge in [0.25, 0.3) is 0 Å². The zero-order chi connectivity index (χ0) is 24.3. The number of amides is 2. The summed E-state index contributed by atoms with van der Waals surface area (Å²) in [5.74, 6) is -4.33. The minimum absolute atomic E-state index is 0.297. The van der Waals surface area contributed by atoms with Crippen LogP contribution in [0.2, 0.25) is 0 Å². The molecule has 0 aromatic heterocycles. The number of carbonyl (C=O) groups is 3. The van der Waals surface area contributed by atoms with Gasteiger partial charge < -0.3 is 15.7 Å². The number of nitrogens with one attached hydrogen (secondary N) is 2. The fourth-order valence-electron chi connectivity index (χ4n) is 4.76. The molecule has 0 bridgehead atoms.